The summed E-state index contributed by atoms with van der Waals surface area (Å²) in [5, 5.41) is 10.3. The SMILES string of the molecule is CCCOCC1(O)CCOC(C(C)C)C1. The predicted molar refractivity (Wildman–Crippen MR) is 59.9 cm³/mol. The van der Waals surface area contributed by atoms with Crippen molar-refractivity contribution in [2.24, 2.45) is 5.92 Å². The number of hydrogen-bond acceptors (Lipinski definition) is 3. The molecule has 0 aliphatic carbocycles. The standard InChI is InChI=1S/C12H24O3/c1-4-6-14-9-12(13)5-7-15-11(8-12)10(2)3/h10-11,13H,4-9H2,1-3H3. The van der Waals surface area contributed by atoms with Crippen molar-refractivity contribution in [3.05, 3.63) is 0 Å². The zero-order chi connectivity index (χ0) is 11.3. The van der Waals surface area contributed by atoms with Gasteiger partial charge in [0.25, 0.3) is 0 Å². The molecule has 2 unspecified atom stereocenters. The summed E-state index contributed by atoms with van der Waals surface area (Å²) in [5.41, 5.74) is -0.664. The molecule has 0 amide bonds. The van der Waals surface area contributed by atoms with Crippen LogP contribution in [-0.2, 0) is 9.47 Å². The molecule has 1 aliphatic heterocycles. The van der Waals surface area contributed by atoms with Crippen molar-refractivity contribution < 1.29 is 14.6 Å². The van der Waals surface area contributed by atoms with Gasteiger partial charge in [-0.2, -0.15) is 0 Å². The van der Waals surface area contributed by atoms with Gasteiger partial charge in [0.15, 0.2) is 0 Å². The molecule has 0 aromatic heterocycles. The molecule has 1 saturated heterocycles. The van der Waals surface area contributed by atoms with E-state index in [1.807, 2.05) is 0 Å². The molecule has 0 aromatic carbocycles. The van der Waals surface area contributed by atoms with E-state index in [1.54, 1.807) is 0 Å². The van der Waals surface area contributed by atoms with Gasteiger partial charge in [0.2, 0.25) is 0 Å². The Hall–Kier alpha value is -0.120. The van der Waals surface area contributed by atoms with Crippen LogP contribution >= 0.6 is 0 Å². The highest BCUT2D eigenvalue weighted by molar-refractivity contribution is 4.86. The van der Waals surface area contributed by atoms with Crippen LogP contribution in [-0.4, -0.2) is 36.6 Å². The van der Waals surface area contributed by atoms with Gasteiger partial charge in [-0.1, -0.05) is 20.8 Å². The Morgan fingerprint density at radius 3 is 2.87 bits per heavy atom. The van der Waals surface area contributed by atoms with Crippen molar-refractivity contribution in [2.75, 3.05) is 19.8 Å². The van der Waals surface area contributed by atoms with Crippen LogP contribution in [0.1, 0.15) is 40.0 Å². The summed E-state index contributed by atoms with van der Waals surface area (Å²) >= 11 is 0. The molecule has 0 saturated carbocycles. The second-order valence-corrected chi connectivity index (χ2v) is 4.88. The fourth-order valence-electron chi connectivity index (χ4n) is 1.90. The summed E-state index contributed by atoms with van der Waals surface area (Å²) in [6.45, 7) is 8.16. The Kier molecular flexibility index (Phi) is 5.03. The second kappa shape index (κ2) is 5.83. The molecule has 1 rings (SSSR count). The first-order valence-corrected chi connectivity index (χ1v) is 5.99. The molecule has 0 radical (unpaired) electrons. The monoisotopic (exact) mass is 216 g/mol. The number of hydrogen-bond donors (Lipinski definition) is 1. The lowest BCUT2D eigenvalue weighted by Gasteiger charge is -2.38. The van der Waals surface area contributed by atoms with Gasteiger partial charge in [-0.3, -0.25) is 0 Å². The van der Waals surface area contributed by atoms with E-state index in [0.29, 0.717) is 32.0 Å². The summed E-state index contributed by atoms with van der Waals surface area (Å²) in [5.74, 6) is 0.461. The van der Waals surface area contributed by atoms with Gasteiger partial charge in [-0.15, -0.1) is 0 Å². The molecule has 1 N–H and O–H groups in total. The molecule has 3 heteroatoms. The van der Waals surface area contributed by atoms with E-state index in [0.717, 1.165) is 13.0 Å². The van der Waals surface area contributed by atoms with Gasteiger partial charge >= 0.3 is 0 Å². The number of ether oxygens (including phenoxy) is 2. The third kappa shape index (κ3) is 4.09. The van der Waals surface area contributed by atoms with Gasteiger partial charge < -0.3 is 14.6 Å². The van der Waals surface area contributed by atoms with Crippen molar-refractivity contribution in [3.8, 4) is 0 Å². The molecule has 0 aromatic rings. The maximum atomic E-state index is 10.3. The fraction of sp³-hybridized carbons (Fsp3) is 1.00. The van der Waals surface area contributed by atoms with Crippen LogP contribution in [0.15, 0.2) is 0 Å². The topological polar surface area (TPSA) is 38.7 Å². The molecular formula is C12H24O3. The van der Waals surface area contributed by atoms with Crippen LogP contribution in [0.25, 0.3) is 0 Å². The molecular weight excluding hydrogens is 192 g/mol. The minimum absolute atomic E-state index is 0.175. The van der Waals surface area contributed by atoms with Gasteiger partial charge in [0, 0.05) is 26.1 Å². The van der Waals surface area contributed by atoms with Crippen LogP contribution in [0.5, 0.6) is 0 Å². The molecule has 3 nitrogen and oxygen atoms in total. The van der Waals surface area contributed by atoms with E-state index < -0.39 is 5.60 Å². The molecule has 2 atom stereocenters. The normalized spacial score (nSPS) is 32.2. The average Bonchev–Trinajstić information content (AvgIpc) is 2.18. The highest BCUT2D eigenvalue weighted by atomic mass is 16.5. The maximum Gasteiger partial charge on any atom is 0.0926 e. The predicted octanol–water partition coefficient (Wildman–Crippen LogP) is 1.98. The fourth-order valence-corrected chi connectivity index (χ4v) is 1.90. The third-order valence-corrected chi connectivity index (χ3v) is 2.94. The summed E-state index contributed by atoms with van der Waals surface area (Å²) in [7, 11) is 0. The van der Waals surface area contributed by atoms with E-state index >= 15 is 0 Å². The molecule has 15 heavy (non-hydrogen) atoms. The Labute approximate surface area is 92.8 Å². The highest BCUT2D eigenvalue weighted by Gasteiger charge is 2.36. The van der Waals surface area contributed by atoms with Crippen molar-refractivity contribution >= 4 is 0 Å². The highest BCUT2D eigenvalue weighted by Crippen LogP contribution is 2.28. The van der Waals surface area contributed by atoms with Gasteiger partial charge in [-0.05, 0) is 12.3 Å². The first-order chi connectivity index (χ1) is 7.07. The summed E-state index contributed by atoms with van der Waals surface area (Å²) in [6.07, 6.45) is 2.57. The first kappa shape index (κ1) is 12.9. The van der Waals surface area contributed by atoms with Gasteiger partial charge in [-0.25, -0.2) is 0 Å². The lowest BCUT2D eigenvalue weighted by molar-refractivity contribution is -0.144. The van der Waals surface area contributed by atoms with E-state index in [2.05, 4.69) is 20.8 Å². The number of aliphatic hydroxyl groups is 1. The summed E-state index contributed by atoms with van der Waals surface area (Å²) < 4.78 is 11.1. The minimum Gasteiger partial charge on any atom is -0.387 e. The van der Waals surface area contributed by atoms with Crippen LogP contribution < -0.4 is 0 Å². The Morgan fingerprint density at radius 2 is 2.27 bits per heavy atom. The Balaban J connectivity index is 2.38. The second-order valence-electron chi connectivity index (χ2n) is 4.88. The molecule has 1 fully saturated rings. The molecule has 90 valence electrons. The maximum absolute atomic E-state index is 10.3. The van der Waals surface area contributed by atoms with Crippen LogP contribution in [0.3, 0.4) is 0 Å². The van der Waals surface area contributed by atoms with Crippen LogP contribution in [0.2, 0.25) is 0 Å². The van der Waals surface area contributed by atoms with Crippen molar-refractivity contribution in [3.63, 3.8) is 0 Å². The van der Waals surface area contributed by atoms with E-state index in [1.165, 1.54) is 0 Å². The van der Waals surface area contributed by atoms with Gasteiger partial charge in [0.05, 0.1) is 18.3 Å². The molecule has 0 bridgehead atoms. The first-order valence-electron chi connectivity index (χ1n) is 5.99. The molecule has 0 spiro atoms. The summed E-state index contributed by atoms with van der Waals surface area (Å²) in [6, 6.07) is 0. The zero-order valence-electron chi connectivity index (χ0n) is 10.2. The average molecular weight is 216 g/mol. The quantitative estimate of drug-likeness (QED) is 0.714. The minimum atomic E-state index is -0.664. The van der Waals surface area contributed by atoms with Crippen molar-refractivity contribution in [2.45, 2.75) is 51.7 Å². The molecule has 1 heterocycles. The van der Waals surface area contributed by atoms with Crippen LogP contribution in [0, 0.1) is 5.92 Å². The largest absolute Gasteiger partial charge is 0.387 e. The van der Waals surface area contributed by atoms with Crippen molar-refractivity contribution in [1.82, 2.24) is 0 Å². The van der Waals surface area contributed by atoms with Crippen LogP contribution in [0.4, 0.5) is 0 Å². The Morgan fingerprint density at radius 1 is 1.53 bits per heavy atom. The van der Waals surface area contributed by atoms with E-state index in [9.17, 15) is 5.11 Å². The zero-order valence-corrected chi connectivity index (χ0v) is 10.2. The third-order valence-electron chi connectivity index (χ3n) is 2.94. The summed E-state index contributed by atoms with van der Waals surface area (Å²) in [4.78, 5) is 0. The lowest BCUT2D eigenvalue weighted by atomic mass is 9.87. The number of rotatable bonds is 5. The van der Waals surface area contributed by atoms with Crippen molar-refractivity contribution in [1.29, 1.82) is 0 Å². The van der Waals surface area contributed by atoms with Gasteiger partial charge in [0.1, 0.15) is 0 Å². The van der Waals surface area contributed by atoms with E-state index in [-0.39, 0.29) is 6.10 Å². The lowest BCUT2D eigenvalue weighted by Crippen LogP contribution is -2.46. The Bertz CT molecular complexity index is 182. The van der Waals surface area contributed by atoms with E-state index in [4.69, 9.17) is 9.47 Å². The molecule has 1 aliphatic rings. The smallest absolute Gasteiger partial charge is 0.0926 e.